The highest BCUT2D eigenvalue weighted by Crippen LogP contribution is 2.05. The number of hydrogen-bond donors (Lipinski definition) is 4. The van der Waals surface area contributed by atoms with E-state index >= 15 is 0 Å². The summed E-state index contributed by atoms with van der Waals surface area (Å²) in [7, 11) is 0. The summed E-state index contributed by atoms with van der Waals surface area (Å²) in [5, 5.41) is 11.5. The van der Waals surface area contributed by atoms with Crippen LogP contribution in [0.3, 0.4) is 0 Å². The Kier molecular flexibility index (Phi) is 5.57. The molecule has 0 saturated carbocycles. The summed E-state index contributed by atoms with van der Waals surface area (Å²) >= 11 is 0. The van der Waals surface area contributed by atoms with Gasteiger partial charge in [-0.1, -0.05) is 18.2 Å². The van der Waals surface area contributed by atoms with Gasteiger partial charge in [0.25, 0.3) is 0 Å². The summed E-state index contributed by atoms with van der Waals surface area (Å²) in [6.45, 7) is 3.46. The number of rotatable bonds is 4. The standard InChI is InChI=1S/C15H22N4O2/c1-11(14(20)18-13-8-5-9-16-10-13)17-15(21)19-12-6-3-2-4-7-12/h2-4,6-7,11,13,16H,5,8-10H2,1H3,(H,18,20)(H2,17,19,21)/t11?,13-/m0/s1. The van der Waals surface area contributed by atoms with Crippen LogP contribution in [0.1, 0.15) is 19.8 Å². The van der Waals surface area contributed by atoms with E-state index in [4.69, 9.17) is 0 Å². The van der Waals surface area contributed by atoms with Crippen LogP contribution in [0.5, 0.6) is 0 Å². The van der Waals surface area contributed by atoms with Crippen LogP contribution in [0, 0.1) is 0 Å². The summed E-state index contributed by atoms with van der Waals surface area (Å²) in [5.41, 5.74) is 0.694. The first kappa shape index (κ1) is 15.3. The SMILES string of the molecule is CC(NC(=O)Nc1ccccc1)C(=O)N[C@H]1CCCNC1. The summed E-state index contributed by atoms with van der Waals surface area (Å²) in [6.07, 6.45) is 2.03. The van der Waals surface area contributed by atoms with Crippen molar-refractivity contribution in [2.24, 2.45) is 0 Å². The van der Waals surface area contributed by atoms with Crippen molar-refractivity contribution in [1.29, 1.82) is 0 Å². The Morgan fingerprint density at radius 2 is 2.05 bits per heavy atom. The molecule has 1 aliphatic heterocycles. The Hall–Kier alpha value is -2.08. The van der Waals surface area contributed by atoms with Crippen LogP contribution in [-0.2, 0) is 4.79 Å². The maximum atomic E-state index is 12.0. The van der Waals surface area contributed by atoms with Gasteiger partial charge < -0.3 is 21.3 Å². The van der Waals surface area contributed by atoms with E-state index in [1.807, 2.05) is 18.2 Å². The molecule has 1 fully saturated rings. The Morgan fingerprint density at radius 1 is 1.29 bits per heavy atom. The highest BCUT2D eigenvalue weighted by Gasteiger charge is 2.20. The smallest absolute Gasteiger partial charge is 0.319 e. The van der Waals surface area contributed by atoms with E-state index in [1.54, 1.807) is 19.1 Å². The lowest BCUT2D eigenvalue weighted by Crippen LogP contribution is -2.52. The van der Waals surface area contributed by atoms with Gasteiger partial charge in [0, 0.05) is 18.3 Å². The number of carbonyl (C=O) groups is 2. The van der Waals surface area contributed by atoms with Crippen molar-refractivity contribution in [3.63, 3.8) is 0 Å². The third-order valence-corrected chi connectivity index (χ3v) is 3.42. The predicted molar refractivity (Wildman–Crippen MR) is 82.1 cm³/mol. The summed E-state index contributed by atoms with van der Waals surface area (Å²) in [6, 6.07) is 8.31. The Balaban J connectivity index is 1.75. The molecule has 4 N–H and O–H groups in total. The van der Waals surface area contributed by atoms with Crippen molar-refractivity contribution in [3.05, 3.63) is 30.3 Å². The van der Waals surface area contributed by atoms with Gasteiger partial charge >= 0.3 is 6.03 Å². The molecule has 0 spiro atoms. The van der Waals surface area contributed by atoms with E-state index in [1.165, 1.54) is 0 Å². The maximum absolute atomic E-state index is 12.0. The molecular weight excluding hydrogens is 268 g/mol. The fourth-order valence-corrected chi connectivity index (χ4v) is 2.25. The van der Waals surface area contributed by atoms with Crippen LogP contribution in [0.4, 0.5) is 10.5 Å². The predicted octanol–water partition coefficient (Wildman–Crippen LogP) is 1.06. The fraction of sp³-hybridized carbons (Fsp3) is 0.467. The highest BCUT2D eigenvalue weighted by atomic mass is 16.2. The van der Waals surface area contributed by atoms with E-state index in [2.05, 4.69) is 21.3 Å². The second-order valence-corrected chi connectivity index (χ2v) is 5.24. The number of amides is 3. The van der Waals surface area contributed by atoms with Crippen molar-refractivity contribution in [3.8, 4) is 0 Å². The van der Waals surface area contributed by atoms with Crippen LogP contribution in [-0.4, -0.2) is 37.1 Å². The first-order chi connectivity index (χ1) is 10.1. The zero-order valence-electron chi connectivity index (χ0n) is 12.2. The molecule has 1 unspecified atom stereocenters. The lowest BCUT2D eigenvalue weighted by Gasteiger charge is -2.25. The molecule has 1 aliphatic rings. The number of anilines is 1. The van der Waals surface area contributed by atoms with Crippen molar-refractivity contribution in [2.75, 3.05) is 18.4 Å². The lowest BCUT2D eigenvalue weighted by molar-refractivity contribution is -0.123. The van der Waals surface area contributed by atoms with Crippen LogP contribution in [0.2, 0.25) is 0 Å². The number of para-hydroxylation sites is 1. The molecular formula is C15H22N4O2. The van der Waals surface area contributed by atoms with Gasteiger partial charge in [-0.2, -0.15) is 0 Å². The fourth-order valence-electron chi connectivity index (χ4n) is 2.25. The van der Waals surface area contributed by atoms with E-state index < -0.39 is 6.04 Å². The van der Waals surface area contributed by atoms with Crippen molar-refractivity contribution < 1.29 is 9.59 Å². The van der Waals surface area contributed by atoms with E-state index in [9.17, 15) is 9.59 Å². The van der Waals surface area contributed by atoms with Gasteiger partial charge in [0.1, 0.15) is 6.04 Å². The number of nitrogens with one attached hydrogen (secondary N) is 4. The third-order valence-electron chi connectivity index (χ3n) is 3.42. The second-order valence-electron chi connectivity index (χ2n) is 5.24. The minimum Gasteiger partial charge on any atom is -0.350 e. The molecule has 21 heavy (non-hydrogen) atoms. The Bertz CT molecular complexity index is 472. The monoisotopic (exact) mass is 290 g/mol. The zero-order chi connectivity index (χ0) is 15.1. The molecule has 6 nitrogen and oxygen atoms in total. The third kappa shape index (κ3) is 5.07. The molecule has 0 bridgehead atoms. The Labute approximate surface area is 124 Å². The first-order valence-corrected chi connectivity index (χ1v) is 7.29. The van der Waals surface area contributed by atoms with Gasteiger partial charge in [-0.25, -0.2) is 4.79 Å². The number of benzene rings is 1. The summed E-state index contributed by atoms with van der Waals surface area (Å²) in [5.74, 6) is -0.160. The van der Waals surface area contributed by atoms with Gasteiger partial charge in [0.15, 0.2) is 0 Å². The van der Waals surface area contributed by atoms with Gasteiger partial charge in [0.05, 0.1) is 0 Å². The van der Waals surface area contributed by atoms with E-state index in [0.717, 1.165) is 25.9 Å². The van der Waals surface area contributed by atoms with E-state index in [-0.39, 0.29) is 18.0 Å². The van der Waals surface area contributed by atoms with E-state index in [0.29, 0.717) is 5.69 Å². The summed E-state index contributed by atoms with van der Waals surface area (Å²) in [4.78, 5) is 23.8. The minimum atomic E-state index is -0.573. The average molecular weight is 290 g/mol. The van der Waals surface area contributed by atoms with Crippen molar-refractivity contribution in [1.82, 2.24) is 16.0 Å². The van der Waals surface area contributed by atoms with Crippen LogP contribution in [0.15, 0.2) is 30.3 Å². The van der Waals surface area contributed by atoms with Crippen LogP contribution >= 0.6 is 0 Å². The molecule has 0 aromatic heterocycles. The molecule has 3 amide bonds. The highest BCUT2D eigenvalue weighted by molar-refractivity contribution is 5.93. The number of hydrogen-bond acceptors (Lipinski definition) is 3. The molecule has 1 saturated heterocycles. The maximum Gasteiger partial charge on any atom is 0.319 e. The summed E-state index contributed by atoms with van der Waals surface area (Å²) < 4.78 is 0. The van der Waals surface area contributed by atoms with Crippen molar-refractivity contribution in [2.45, 2.75) is 31.8 Å². The molecule has 0 radical (unpaired) electrons. The molecule has 2 atom stereocenters. The molecule has 0 aliphatic carbocycles. The first-order valence-electron chi connectivity index (χ1n) is 7.29. The van der Waals surface area contributed by atoms with Gasteiger partial charge in [0.2, 0.25) is 5.91 Å². The largest absolute Gasteiger partial charge is 0.350 e. The number of urea groups is 1. The average Bonchev–Trinajstić information content (AvgIpc) is 2.49. The van der Waals surface area contributed by atoms with Gasteiger partial charge in [-0.3, -0.25) is 4.79 Å². The molecule has 114 valence electrons. The number of piperidine rings is 1. The molecule has 2 rings (SSSR count). The second kappa shape index (κ2) is 7.64. The lowest BCUT2D eigenvalue weighted by atomic mass is 10.1. The minimum absolute atomic E-state index is 0.146. The van der Waals surface area contributed by atoms with Crippen LogP contribution in [0.25, 0.3) is 0 Å². The Morgan fingerprint density at radius 3 is 2.71 bits per heavy atom. The van der Waals surface area contributed by atoms with Crippen LogP contribution < -0.4 is 21.3 Å². The zero-order valence-corrected chi connectivity index (χ0v) is 12.2. The molecule has 1 aromatic rings. The quantitative estimate of drug-likeness (QED) is 0.669. The molecule has 1 heterocycles. The van der Waals surface area contributed by atoms with Gasteiger partial charge in [-0.15, -0.1) is 0 Å². The topological polar surface area (TPSA) is 82.3 Å². The normalized spacial score (nSPS) is 19.4. The number of carbonyl (C=O) groups excluding carboxylic acids is 2. The van der Waals surface area contributed by atoms with Gasteiger partial charge in [-0.05, 0) is 38.4 Å². The molecule has 6 heteroatoms. The van der Waals surface area contributed by atoms with Crippen molar-refractivity contribution >= 4 is 17.6 Å². The molecule has 1 aromatic carbocycles.